The molecule has 30 heavy (non-hydrogen) atoms. The maximum absolute atomic E-state index is 11.7. The molecule has 0 heterocycles. The van der Waals surface area contributed by atoms with E-state index in [1.54, 1.807) is 12.1 Å². The minimum atomic E-state index is -4.61. The van der Waals surface area contributed by atoms with Gasteiger partial charge in [-0.1, -0.05) is 72.1 Å². The molecule has 0 amide bonds. The van der Waals surface area contributed by atoms with E-state index in [0.29, 0.717) is 0 Å². The van der Waals surface area contributed by atoms with Gasteiger partial charge in [-0.3, -0.25) is 0 Å². The number of hydrogen-bond acceptors (Lipinski definition) is 2. The molecule has 5 heteroatoms. The fourth-order valence-corrected chi connectivity index (χ4v) is 2.65. The lowest BCUT2D eigenvalue weighted by atomic mass is 10.1. The number of ether oxygens (including phenoxy) is 1. The van der Waals surface area contributed by atoms with Crippen molar-refractivity contribution in [3.05, 3.63) is 95.1 Å². The predicted molar refractivity (Wildman–Crippen MR) is 121 cm³/mol. The van der Waals surface area contributed by atoms with Crippen LogP contribution >= 0.6 is 11.8 Å². The molecule has 0 unspecified atom stereocenters. The molecule has 0 fully saturated rings. The van der Waals surface area contributed by atoms with Gasteiger partial charge in [0.1, 0.15) is 5.75 Å². The number of benzene rings is 3. The molecule has 0 bridgehead atoms. The summed E-state index contributed by atoms with van der Waals surface area (Å²) in [7, 11) is 0. The zero-order valence-electron chi connectivity index (χ0n) is 18.1. The number of halogens is 3. The monoisotopic (exact) mass is 434 g/mol. The van der Waals surface area contributed by atoms with Crippen LogP contribution in [-0.4, -0.2) is 12.6 Å². The standard InChI is InChI=1S/C9H12.C8H7F3OS.C8H10/c1-3-9-6-4-8(2)5-7-9;1-13-7-4-2-6(3-5-7)12-8(9,10)11;1-7-3-5-8(2)6-4-7/h4-7H,3H2,1-2H3;2-5H,1H3;3-6H,1-2H3. The van der Waals surface area contributed by atoms with Crippen LogP contribution in [0.15, 0.2) is 77.7 Å². The molecule has 0 saturated carbocycles. The van der Waals surface area contributed by atoms with Gasteiger partial charge in [0.15, 0.2) is 0 Å². The highest BCUT2D eigenvalue weighted by atomic mass is 32.2. The van der Waals surface area contributed by atoms with E-state index in [2.05, 4.69) is 81.0 Å². The average Bonchev–Trinajstić information content (AvgIpc) is 2.71. The van der Waals surface area contributed by atoms with Gasteiger partial charge in [-0.25, -0.2) is 0 Å². The first-order chi connectivity index (χ1) is 14.1. The summed E-state index contributed by atoms with van der Waals surface area (Å²) in [5.41, 5.74) is 5.42. The third-order valence-corrected chi connectivity index (χ3v) is 4.78. The number of alkyl halides is 3. The molecule has 0 atom stereocenters. The summed E-state index contributed by atoms with van der Waals surface area (Å²) >= 11 is 1.46. The van der Waals surface area contributed by atoms with Gasteiger partial charge in [0, 0.05) is 4.90 Å². The first-order valence-electron chi connectivity index (χ1n) is 9.61. The quantitative estimate of drug-likeness (QED) is 0.385. The molecule has 3 aromatic carbocycles. The van der Waals surface area contributed by atoms with Crippen molar-refractivity contribution in [2.45, 2.75) is 45.4 Å². The summed E-state index contributed by atoms with van der Waals surface area (Å²) in [6.45, 7) is 8.48. The highest BCUT2D eigenvalue weighted by molar-refractivity contribution is 7.98. The van der Waals surface area contributed by atoms with Gasteiger partial charge in [0.05, 0.1) is 0 Å². The first-order valence-corrected chi connectivity index (χ1v) is 10.8. The van der Waals surface area contributed by atoms with E-state index in [1.807, 2.05) is 6.26 Å². The Morgan fingerprint density at radius 2 is 1.10 bits per heavy atom. The molecule has 0 saturated heterocycles. The third-order valence-electron chi connectivity index (χ3n) is 4.04. The zero-order valence-corrected chi connectivity index (χ0v) is 18.9. The van der Waals surface area contributed by atoms with E-state index in [0.717, 1.165) is 11.3 Å². The van der Waals surface area contributed by atoms with Gasteiger partial charge in [-0.2, -0.15) is 0 Å². The van der Waals surface area contributed by atoms with Crippen LogP contribution in [0.3, 0.4) is 0 Å². The Morgan fingerprint density at radius 3 is 1.43 bits per heavy atom. The van der Waals surface area contributed by atoms with Crippen molar-refractivity contribution >= 4 is 11.8 Å². The second-order valence-electron chi connectivity index (χ2n) is 6.72. The van der Waals surface area contributed by atoms with Crippen molar-refractivity contribution in [1.82, 2.24) is 0 Å². The maximum atomic E-state index is 11.7. The van der Waals surface area contributed by atoms with E-state index in [4.69, 9.17) is 0 Å². The number of aryl methyl sites for hydroxylation is 4. The molecular weight excluding hydrogens is 405 g/mol. The highest BCUT2D eigenvalue weighted by Gasteiger charge is 2.30. The van der Waals surface area contributed by atoms with Gasteiger partial charge in [0.25, 0.3) is 0 Å². The van der Waals surface area contributed by atoms with Crippen molar-refractivity contribution in [3.8, 4) is 5.75 Å². The topological polar surface area (TPSA) is 9.23 Å². The molecule has 0 N–H and O–H groups in total. The average molecular weight is 435 g/mol. The van der Waals surface area contributed by atoms with E-state index in [9.17, 15) is 13.2 Å². The van der Waals surface area contributed by atoms with Crippen molar-refractivity contribution < 1.29 is 17.9 Å². The van der Waals surface area contributed by atoms with Crippen LogP contribution in [0.25, 0.3) is 0 Å². The third kappa shape index (κ3) is 11.6. The van der Waals surface area contributed by atoms with Crippen molar-refractivity contribution in [3.63, 3.8) is 0 Å². The largest absolute Gasteiger partial charge is 0.573 e. The smallest absolute Gasteiger partial charge is 0.406 e. The predicted octanol–water partition coefficient (Wildman–Crippen LogP) is 8.17. The molecule has 0 aliphatic rings. The number of hydrogen-bond donors (Lipinski definition) is 0. The normalized spacial score (nSPS) is 10.3. The van der Waals surface area contributed by atoms with Crippen LogP contribution in [0.5, 0.6) is 5.75 Å². The molecule has 1 nitrogen and oxygen atoms in total. The van der Waals surface area contributed by atoms with E-state index >= 15 is 0 Å². The van der Waals surface area contributed by atoms with Gasteiger partial charge >= 0.3 is 6.36 Å². The lowest BCUT2D eigenvalue weighted by Gasteiger charge is -2.08. The molecule has 0 aromatic heterocycles. The van der Waals surface area contributed by atoms with E-state index in [-0.39, 0.29) is 5.75 Å². The highest BCUT2D eigenvalue weighted by Crippen LogP contribution is 2.24. The summed E-state index contributed by atoms with van der Waals surface area (Å²) in [6, 6.07) is 22.9. The van der Waals surface area contributed by atoms with Crippen LogP contribution in [-0.2, 0) is 6.42 Å². The van der Waals surface area contributed by atoms with Gasteiger partial charge in [-0.05, 0) is 63.3 Å². The number of rotatable bonds is 3. The van der Waals surface area contributed by atoms with Gasteiger partial charge in [0.2, 0.25) is 0 Å². The van der Waals surface area contributed by atoms with E-state index < -0.39 is 6.36 Å². The fraction of sp³-hybridized carbons (Fsp3) is 0.280. The van der Waals surface area contributed by atoms with Crippen LogP contribution in [0.4, 0.5) is 13.2 Å². The Hall–Kier alpha value is -2.40. The second-order valence-corrected chi connectivity index (χ2v) is 7.60. The van der Waals surface area contributed by atoms with Gasteiger partial charge < -0.3 is 4.74 Å². The van der Waals surface area contributed by atoms with Crippen LogP contribution in [0.1, 0.15) is 29.2 Å². The summed E-state index contributed by atoms with van der Waals surface area (Å²) in [4.78, 5) is 0.898. The minimum absolute atomic E-state index is 0.190. The first kappa shape index (κ1) is 25.6. The Balaban J connectivity index is 0.000000234. The zero-order chi connectivity index (χ0) is 22.6. The summed E-state index contributed by atoms with van der Waals surface area (Å²) < 4.78 is 38.8. The molecule has 3 rings (SSSR count). The lowest BCUT2D eigenvalue weighted by molar-refractivity contribution is -0.274. The maximum Gasteiger partial charge on any atom is 0.573 e. The molecule has 0 aliphatic heterocycles. The van der Waals surface area contributed by atoms with Crippen LogP contribution < -0.4 is 4.74 Å². The van der Waals surface area contributed by atoms with Crippen LogP contribution in [0, 0.1) is 20.8 Å². The lowest BCUT2D eigenvalue weighted by Crippen LogP contribution is -2.16. The van der Waals surface area contributed by atoms with E-state index in [1.165, 1.54) is 46.1 Å². The Kier molecular flexibility index (Phi) is 11.1. The fourth-order valence-electron chi connectivity index (χ4n) is 2.24. The molecule has 0 spiro atoms. The minimum Gasteiger partial charge on any atom is -0.406 e. The summed E-state index contributed by atoms with van der Waals surface area (Å²) in [6.07, 6.45) is -1.62. The van der Waals surface area contributed by atoms with Crippen LogP contribution in [0.2, 0.25) is 0 Å². The summed E-state index contributed by atoms with van der Waals surface area (Å²) in [5.74, 6) is -0.190. The molecule has 162 valence electrons. The Labute approximate surface area is 182 Å². The van der Waals surface area contributed by atoms with Crippen molar-refractivity contribution in [2.24, 2.45) is 0 Å². The van der Waals surface area contributed by atoms with Crippen molar-refractivity contribution in [1.29, 1.82) is 0 Å². The SMILES string of the molecule is CCc1ccc(C)cc1.CSc1ccc(OC(F)(F)F)cc1.Cc1ccc(C)cc1. The van der Waals surface area contributed by atoms with Gasteiger partial charge in [-0.15, -0.1) is 24.9 Å². The Morgan fingerprint density at radius 1 is 0.700 bits per heavy atom. The molecular formula is C25H29F3OS. The molecule has 3 aromatic rings. The van der Waals surface area contributed by atoms with Crippen molar-refractivity contribution in [2.75, 3.05) is 6.26 Å². The Bertz CT molecular complexity index is 819. The summed E-state index contributed by atoms with van der Waals surface area (Å²) in [5, 5.41) is 0. The molecule has 0 aliphatic carbocycles. The second kappa shape index (κ2) is 13.0. The molecule has 0 radical (unpaired) electrons. The number of thioether (sulfide) groups is 1.